The van der Waals surface area contributed by atoms with Crippen LogP contribution in [0.25, 0.3) is 10.1 Å². The van der Waals surface area contributed by atoms with Crippen LogP contribution in [0.3, 0.4) is 0 Å². The molecular formula is C20H17NO3S. The van der Waals surface area contributed by atoms with Crippen molar-refractivity contribution in [1.29, 1.82) is 0 Å². The van der Waals surface area contributed by atoms with Crippen molar-refractivity contribution in [2.75, 3.05) is 4.90 Å². The van der Waals surface area contributed by atoms with Crippen LogP contribution in [-0.4, -0.2) is 23.0 Å². The second kappa shape index (κ2) is 6.01. The Morgan fingerprint density at radius 2 is 1.84 bits per heavy atom. The molecule has 0 spiro atoms. The summed E-state index contributed by atoms with van der Waals surface area (Å²) in [6.07, 6.45) is 0.420. The van der Waals surface area contributed by atoms with Crippen molar-refractivity contribution in [1.82, 2.24) is 0 Å². The lowest BCUT2D eigenvalue weighted by Gasteiger charge is -2.37. The molecule has 0 bridgehead atoms. The molecule has 0 unspecified atom stereocenters. The largest absolute Gasteiger partial charge is 0.481 e. The van der Waals surface area contributed by atoms with Gasteiger partial charge in [0.15, 0.2) is 0 Å². The minimum absolute atomic E-state index is 0.0648. The number of carbonyl (C=O) groups excluding carboxylic acids is 1. The molecule has 1 aliphatic rings. The molecule has 1 N–H and O–H groups in total. The maximum atomic E-state index is 13.2. The average molecular weight is 351 g/mol. The zero-order valence-corrected chi connectivity index (χ0v) is 14.5. The number of para-hydroxylation sites is 1. The van der Waals surface area contributed by atoms with Crippen molar-refractivity contribution < 1.29 is 14.7 Å². The summed E-state index contributed by atoms with van der Waals surface area (Å²) in [4.78, 5) is 27.3. The predicted octanol–water partition coefficient (Wildman–Crippen LogP) is 4.51. The minimum atomic E-state index is -0.840. The molecular weight excluding hydrogens is 334 g/mol. The molecule has 4 rings (SSSR count). The molecule has 0 radical (unpaired) electrons. The van der Waals surface area contributed by atoms with Crippen molar-refractivity contribution in [2.24, 2.45) is 0 Å². The van der Waals surface area contributed by atoms with Crippen molar-refractivity contribution >= 4 is 39.0 Å². The number of carboxylic acid groups (broad SMARTS) is 1. The SMILES string of the molecule is C[C@H]1C[C@@H](C(=O)O)c2ccccc2N1C(=O)c1cc2ccccc2s1. The molecule has 2 aromatic carbocycles. The highest BCUT2D eigenvalue weighted by Crippen LogP contribution is 2.40. The Hall–Kier alpha value is -2.66. The van der Waals surface area contributed by atoms with E-state index < -0.39 is 11.9 Å². The highest BCUT2D eigenvalue weighted by Gasteiger charge is 2.37. The van der Waals surface area contributed by atoms with Gasteiger partial charge in [0.1, 0.15) is 0 Å². The summed E-state index contributed by atoms with van der Waals surface area (Å²) in [6.45, 7) is 1.91. The lowest BCUT2D eigenvalue weighted by Crippen LogP contribution is -2.44. The molecule has 4 nitrogen and oxygen atoms in total. The topological polar surface area (TPSA) is 57.6 Å². The fraction of sp³-hybridized carbons (Fsp3) is 0.200. The van der Waals surface area contributed by atoms with Crippen LogP contribution in [0.15, 0.2) is 54.6 Å². The Bertz CT molecular complexity index is 945. The van der Waals surface area contributed by atoms with Crippen LogP contribution in [0, 0.1) is 0 Å². The molecule has 0 aliphatic carbocycles. The maximum Gasteiger partial charge on any atom is 0.311 e. The third kappa shape index (κ3) is 2.61. The smallest absolute Gasteiger partial charge is 0.311 e. The van der Waals surface area contributed by atoms with Crippen molar-refractivity contribution in [3.05, 3.63) is 65.0 Å². The van der Waals surface area contributed by atoms with E-state index in [1.807, 2.05) is 61.5 Å². The molecule has 5 heteroatoms. The van der Waals surface area contributed by atoms with Crippen molar-refractivity contribution in [3.8, 4) is 0 Å². The van der Waals surface area contributed by atoms with Gasteiger partial charge in [0.25, 0.3) is 5.91 Å². The highest BCUT2D eigenvalue weighted by molar-refractivity contribution is 7.20. The summed E-state index contributed by atoms with van der Waals surface area (Å²) >= 11 is 1.48. The summed E-state index contributed by atoms with van der Waals surface area (Å²) in [5, 5.41) is 10.6. The molecule has 2 atom stereocenters. The van der Waals surface area contributed by atoms with Gasteiger partial charge in [0.2, 0.25) is 0 Å². The number of thiophene rings is 1. The quantitative estimate of drug-likeness (QED) is 0.739. The molecule has 1 aliphatic heterocycles. The number of hydrogen-bond donors (Lipinski definition) is 1. The highest BCUT2D eigenvalue weighted by atomic mass is 32.1. The van der Waals surface area contributed by atoms with Crippen LogP contribution in [0.4, 0.5) is 5.69 Å². The number of anilines is 1. The fourth-order valence-electron chi connectivity index (χ4n) is 3.56. The number of carbonyl (C=O) groups is 2. The number of fused-ring (bicyclic) bond motifs is 2. The third-order valence-corrected chi connectivity index (χ3v) is 5.85. The van der Waals surface area contributed by atoms with Crippen LogP contribution in [0.1, 0.15) is 34.5 Å². The Labute approximate surface area is 149 Å². The number of aliphatic carboxylic acids is 1. The van der Waals surface area contributed by atoms with E-state index in [2.05, 4.69) is 0 Å². The van der Waals surface area contributed by atoms with E-state index in [4.69, 9.17) is 0 Å². The van der Waals surface area contributed by atoms with Crippen LogP contribution < -0.4 is 4.90 Å². The van der Waals surface area contributed by atoms with Crippen LogP contribution in [-0.2, 0) is 4.79 Å². The van der Waals surface area contributed by atoms with Crippen LogP contribution >= 0.6 is 11.3 Å². The standard InChI is InChI=1S/C20H17NO3S/c1-12-10-15(20(23)24)14-7-3-4-8-16(14)21(12)19(22)18-11-13-6-2-5-9-17(13)25-18/h2-9,11-12,15H,10H2,1H3,(H,23,24)/t12-,15+/m0/s1. The zero-order chi connectivity index (χ0) is 17.6. The summed E-state index contributed by atoms with van der Waals surface area (Å²) in [7, 11) is 0. The second-order valence-corrected chi connectivity index (χ2v) is 7.44. The minimum Gasteiger partial charge on any atom is -0.481 e. The molecule has 0 saturated heterocycles. The molecule has 3 aromatic rings. The summed E-state index contributed by atoms with van der Waals surface area (Å²) in [5.41, 5.74) is 1.42. The van der Waals surface area contributed by atoms with Gasteiger partial charge < -0.3 is 10.0 Å². The molecule has 2 heterocycles. The van der Waals surface area contributed by atoms with Gasteiger partial charge in [-0.2, -0.15) is 0 Å². The van der Waals surface area contributed by atoms with Gasteiger partial charge in [0.05, 0.1) is 10.8 Å². The van der Waals surface area contributed by atoms with E-state index >= 15 is 0 Å². The van der Waals surface area contributed by atoms with Gasteiger partial charge in [-0.1, -0.05) is 36.4 Å². The Balaban J connectivity index is 1.79. The van der Waals surface area contributed by atoms with Crippen molar-refractivity contribution in [3.63, 3.8) is 0 Å². The summed E-state index contributed by atoms with van der Waals surface area (Å²) < 4.78 is 1.08. The van der Waals surface area contributed by atoms with Gasteiger partial charge >= 0.3 is 5.97 Å². The number of benzene rings is 2. The van der Waals surface area contributed by atoms with Gasteiger partial charge in [-0.15, -0.1) is 11.3 Å². The average Bonchev–Trinajstić information content (AvgIpc) is 3.04. The first-order chi connectivity index (χ1) is 12.1. The summed E-state index contributed by atoms with van der Waals surface area (Å²) in [5.74, 6) is -1.48. The summed E-state index contributed by atoms with van der Waals surface area (Å²) in [6, 6.07) is 17.0. The molecule has 0 fully saturated rings. The Morgan fingerprint density at radius 3 is 2.60 bits per heavy atom. The molecule has 1 aromatic heterocycles. The van der Waals surface area contributed by atoms with E-state index in [9.17, 15) is 14.7 Å². The number of nitrogens with zero attached hydrogens (tertiary/aromatic N) is 1. The number of carboxylic acids is 1. The zero-order valence-electron chi connectivity index (χ0n) is 13.7. The molecule has 1 amide bonds. The molecule has 126 valence electrons. The van der Waals surface area contributed by atoms with Gasteiger partial charge in [-0.05, 0) is 42.5 Å². The van der Waals surface area contributed by atoms with Crippen molar-refractivity contribution in [2.45, 2.75) is 25.3 Å². The van der Waals surface area contributed by atoms with E-state index in [0.717, 1.165) is 10.1 Å². The Morgan fingerprint density at radius 1 is 1.12 bits per heavy atom. The van der Waals surface area contributed by atoms with E-state index in [-0.39, 0.29) is 11.9 Å². The maximum absolute atomic E-state index is 13.2. The fourth-order valence-corrected chi connectivity index (χ4v) is 4.56. The first-order valence-corrected chi connectivity index (χ1v) is 9.02. The number of amides is 1. The Kier molecular flexibility index (Phi) is 3.81. The van der Waals surface area contributed by atoms with Gasteiger partial charge in [-0.3, -0.25) is 9.59 Å². The third-order valence-electron chi connectivity index (χ3n) is 4.74. The first-order valence-electron chi connectivity index (χ1n) is 8.20. The van der Waals surface area contributed by atoms with E-state index in [1.165, 1.54) is 11.3 Å². The second-order valence-electron chi connectivity index (χ2n) is 6.36. The van der Waals surface area contributed by atoms with Gasteiger partial charge in [0, 0.05) is 16.4 Å². The van der Waals surface area contributed by atoms with Gasteiger partial charge in [-0.25, -0.2) is 0 Å². The lowest BCUT2D eigenvalue weighted by molar-refractivity contribution is -0.139. The monoisotopic (exact) mass is 351 g/mol. The normalized spacial score (nSPS) is 19.6. The first kappa shape index (κ1) is 15.8. The number of rotatable bonds is 2. The molecule has 0 saturated carbocycles. The van der Waals surface area contributed by atoms with Crippen LogP contribution in [0.5, 0.6) is 0 Å². The lowest BCUT2D eigenvalue weighted by atomic mass is 9.86. The van der Waals surface area contributed by atoms with E-state index in [1.54, 1.807) is 4.90 Å². The molecule has 25 heavy (non-hydrogen) atoms. The van der Waals surface area contributed by atoms with Crippen LogP contribution in [0.2, 0.25) is 0 Å². The number of hydrogen-bond acceptors (Lipinski definition) is 3. The predicted molar refractivity (Wildman–Crippen MR) is 99.5 cm³/mol. The van der Waals surface area contributed by atoms with E-state index in [0.29, 0.717) is 22.5 Å².